The summed E-state index contributed by atoms with van der Waals surface area (Å²) in [6.07, 6.45) is 1.10. The van der Waals surface area contributed by atoms with Gasteiger partial charge >= 0.3 is 0 Å². The van der Waals surface area contributed by atoms with Gasteiger partial charge in [0.15, 0.2) is 0 Å². The molecule has 4 aromatic rings. The Morgan fingerprint density at radius 1 is 1.00 bits per heavy atom. The molecule has 130 valence electrons. The van der Waals surface area contributed by atoms with E-state index in [1.165, 1.54) is 38.5 Å². The summed E-state index contributed by atoms with van der Waals surface area (Å²) in [4.78, 5) is 0. The SMILES string of the molecule is COc1cccc2cccc(Cn3c4c(c5ccccc53)CCNC4)c12. The van der Waals surface area contributed by atoms with Crippen LogP contribution in [0.5, 0.6) is 5.75 Å². The molecule has 5 rings (SSSR count). The van der Waals surface area contributed by atoms with Crippen molar-refractivity contribution in [1.82, 2.24) is 9.88 Å². The molecule has 0 unspecified atom stereocenters. The first-order chi connectivity index (χ1) is 12.9. The molecule has 3 nitrogen and oxygen atoms in total. The number of fused-ring (bicyclic) bond motifs is 4. The molecule has 1 aliphatic heterocycles. The fourth-order valence-electron chi connectivity index (χ4n) is 4.36. The molecule has 0 aliphatic carbocycles. The third-order valence-electron chi connectivity index (χ3n) is 5.54. The predicted molar refractivity (Wildman–Crippen MR) is 107 cm³/mol. The van der Waals surface area contributed by atoms with Crippen LogP contribution in [-0.4, -0.2) is 18.2 Å². The maximum absolute atomic E-state index is 5.67. The molecule has 1 aromatic heterocycles. The standard InChI is InChI=1S/C23H22N2O/c1-26-22-11-5-7-16-6-4-8-17(23(16)22)15-25-20-10-3-2-9-18(20)19-12-13-24-14-21(19)25/h2-11,24H,12-15H2,1H3. The molecule has 0 atom stereocenters. The van der Waals surface area contributed by atoms with Gasteiger partial charge in [0.05, 0.1) is 7.11 Å². The summed E-state index contributed by atoms with van der Waals surface area (Å²) in [6, 6.07) is 21.6. The zero-order valence-electron chi connectivity index (χ0n) is 15.0. The maximum atomic E-state index is 5.67. The average molecular weight is 342 g/mol. The largest absolute Gasteiger partial charge is 0.496 e. The number of ether oxygens (including phenoxy) is 1. The molecule has 0 spiro atoms. The monoisotopic (exact) mass is 342 g/mol. The van der Waals surface area contributed by atoms with E-state index in [0.717, 1.165) is 31.8 Å². The average Bonchev–Trinajstić information content (AvgIpc) is 3.02. The molecule has 0 radical (unpaired) electrons. The van der Waals surface area contributed by atoms with E-state index in [9.17, 15) is 0 Å². The van der Waals surface area contributed by atoms with Crippen LogP contribution in [0.25, 0.3) is 21.7 Å². The van der Waals surface area contributed by atoms with Gasteiger partial charge in [0.1, 0.15) is 5.75 Å². The number of benzene rings is 3. The van der Waals surface area contributed by atoms with Crippen molar-refractivity contribution in [2.75, 3.05) is 13.7 Å². The zero-order chi connectivity index (χ0) is 17.5. The Balaban J connectivity index is 1.73. The lowest BCUT2D eigenvalue weighted by Gasteiger charge is -2.18. The minimum atomic E-state index is 0.856. The van der Waals surface area contributed by atoms with Crippen LogP contribution in [0.3, 0.4) is 0 Å². The van der Waals surface area contributed by atoms with Crippen molar-refractivity contribution >= 4 is 21.7 Å². The van der Waals surface area contributed by atoms with Gasteiger partial charge in [-0.25, -0.2) is 0 Å². The van der Waals surface area contributed by atoms with Crippen LogP contribution in [0, 0.1) is 0 Å². The Morgan fingerprint density at radius 3 is 2.73 bits per heavy atom. The van der Waals surface area contributed by atoms with Crippen LogP contribution >= 0.6 is 0 Å². The molecule has 0 fully saturated rings. The van der Waals surface area contributed by atoms with E-state index < -0.39 is 0 Å². The molecule has 0 saturated carbocycles. The van der Waals surface area contributed by atoms with Crippen molar-refractivity contribution in [2.45, 2.75) is 19.5 Å². The highest BCUT2D eigenvalue weighted by atomic mass is 16.5. The number of nitrogens with one attached hydrogen (secondary N) is 1. The van der Waals surface area contributed by atoms with Gasteiger partial charge in [0, 0.05) is 35.1 Å². The van der Waals surface area contributed by atoms with Crippen molar-refractivity contribution in [3.8, 4) is 5.75 Å². The lowest BCUT2D eigenvalue weighted by Crippen LogP contribution is -2.25. The fraction of sp³-hybridized carbons (Fsp3) is 0.217. The van der Waals surface area contributed by atoms with E-state index in [2.05, 4.69) is 70.5 Å². The molecule has 0 amide bonds. The third-order valence-corrected chi connectivity index (χ3v) is 5.54. The van der Waals surface area contributed by atoms with E-state index in [1.807, 2.05) is 0 Å². The highest BCUT2D eigenvalue weighted by Gasteiger charge is 2.20. The lowest BCUT2D eigenvalue weighted by molar-refractivity contribution is 0.419. The summed E-state index contributed by atoms with van der Waals surface area (Å²) < 4.78 is 8.15. The normalized spacial score (nSPS) is 13.9. The van der Waals surface area contributed by atoms with Crippen molar-refractivity contribution in [3.05, 3.63) is 77.5 Å². The molecule has 0 bridgehead atoms. The van der Waals surface area contributed by atoms with Crippen LogP contribution in [0.15, 0.2) is 60.7 Å². The zero-order valence-corrected chi connectivity index (χ0v) is 15.0. The number of hydrogen-bond acceptors (Lipinski definition) is 2. The third kappa shape index (κ3) is 2.31. The van der Waals surface area contributed by atoms with E-state index in [0.29, 0.717) is 0 Å². The van der Waals surface area contributed by atoms with E-state index in [-0.39, 0.29) is 0 Å². The molecule has 1 aliphatic rings. The first-order valence-corrected chi connectivity index (χ1v) is 9.21. The lowest BCUT2D eigenvalue weighted by atomic mass is 10.0. The molecule has 1 N–H and O–H groups in total. The summed E-state index contributed by atoms with van der Waals surface area (Å²) >= 11 is 0. The van der Waals surface area contributed by atoms with Crippen molar-refractivity contribution < 1.29 is 4.74 Å². The fourth-order valence-corrected chi connectivity index (χ4v) is 4.36. The minimum Gasteiger partial charge on any atom is -0.496 e. The second kappa shape index (κ2) is 6.19. The van der Waals surface area contributed by atoms with Crippen LogP contribution in [0.2, 0.25) is 0 Å². The molecular formula is C23H22N2O. The van der Waals surface area contributed by atoms with E-state index in [4.69, 9.17) is 4.74 Å². The van der Waals surface area contributed by atoms with E-state index in [1.54, 1.807) is 7.11 Å². The number of para-hydroxylation sites is 1. The van der Waals surface area contributed by atoms with Gasteiger partial charge in [-0.3, -0.25) is 0 Å². The number of nitrogens with zero attached hydrogens (tertiary/aromatic N) is 1. The Labute approximate surface area is 153 Å². The summed E-state index contributed by atoms with van der Waals surface area (Å²) in [7, 11) is 1.75. The van der Waals surface area contributed by atoms with Crippen molar-refractivity contribution in [1.29, 1.82) is 0 Å². The van der Waals surface area contributed by atoms with E-state index >= 15 is 0 Å². The van der Waals surface area contributed by atoms with Crippen LogP contribution in [0.4, 0.5) is 0 Å². The Kier molecular flexibility index (Phi) is 3.68. The van der Waals surface area contributed by atoms with Gasteiger partial charge in [0.2, 0.25) is 0 Å². The Bertz CT molecular complexity index is 1100. The quantitative estimate of drug-likeness (QED) is 0.593. The first-order valence-electron chi connectivity index (χ1n) is 9.21. The predicted octanol–water partition coefficient (Wildman–Crippen LogP) is 4.50. The highest BCUT2D eigenvalue weighted by molar-refractivity contribution is 5.92. The van der Waals surface area contributed by atoms with Gasteiger partial charge in [-0.05, 0) is 41.6 Å². The molecule has 0 saturated heterocycles. The number of rotatable bonds is 3. The molecule has 3 heteroatoms. The summed E-state index contributed by atoms with van der Waals surface area (Å²) in [6.45, 7) is 2.85. The summed E-state index contributed by atoms with van der Waals surface area (Å²) in [5.41, 5.74) is 5.55. The minimum absolute atomic E-state index is 0.856. The second-order valence-electron chi connectivity index (χ2n) is 6.93. The smallest absolute Gasteiger partial charge is 0.127 e. The molecular weight excluding hydrogens is 320 g/mol. The summed E-state index contributed by atoms with van der Waals surface area (Å²) in [5, 5.41) is 7.38. The second-order valence-corrected chi connectivity index (χ2v) is 6.93. The van der Waals surface area contributed by atoms with Gasteiger partial charge in [-0.1, -0.05) is 48.5 Å². The van der Waals surface area contributed by atoms with Gasteiger partial charge in [-0.2, -0.15) is 0 Å². The first kappa shape index (κ1) is 15.5. The highest BCUT2D eigenvalue weighted by Crippen LogP contribution is 2.33. The Hall–Kier alpha value is -2.78. The summed E-state index contributed by atoms with van der Waals surface area (Å²) in [5.74, 6) is 0.946. The maximum Gasteiger partial charge on any atom is 0.127 e. The van der Waals surface area contributed by atoms with Gasteiger partial charge in [-0.15, -0.1) is 0 Å². The van der Waals surface area contributed by atoms with Crippen LogP contribution in [0.1, 0.15) is 16.8 Å². The molecule has 26 heavy (non-hydrogen) atoms. The Morgan fingerprint density at radius 2 is 1.85 bits per heavy atom. The van der Waals surface area contributed by atoms with Gasteiger partial charge in [0.25, 0.3) is 0 Å². The topological polar surface area (TPSA) is 26.2 Å². The molecule has 3 aromatic carbocycles. The van der Waals surface area contributed by atoms with Gasteiger partial charge < -0.3 is 14.6 Å². The number of hydrogen-bond donors (Lipinski definition) is 1. The van der Waals surface area contributed by atoms with Crippen molar-refractivity contribution in [3.63, 3.8) is 0 Å². The van der Waals surface area contributed by atoms with Crippen molar-refractivity contribution in [2.24, 2.45) is 0 Å². The number of methoxy groups -OCH3 is 1. The van der Waals surface area contributed by atoms with Crippen LogP contribution < -0.4 is 10.1 Å². The molecule has 2 heterocycles. The number of aromatic nitrogens is 1. The van der Waals surface area contributed by atoms with Crippen LogP contribution in [-0.2, 0) is 19.5 Å².